The van der Waals surface area contributed by atoms with Crippen LogP contribution in [-0.2, 0) is 0 Å². The van der Waals surface area contributed by atoms with E-state index in [4.69, 9.17) is 9.52 Å². The van der Waals surface area contributed by atoms with E-state index in [2.05, 4.69) is 60.0 Å². The normalized spacial score (nSPS) is 14.1. The molecule has 0 fully saturated rings. The van der Waals surface area contributed by atoms with Crippen LogP contribution in [-0.4, -0.2) is 52.3 Å². The molecule has 0 N–H and O–H groups in total. The fraction of sp³-hybridized carbons (Fsp3) is 0.167. The second kappa shape index (κ2) is 7.09. The van der Waals surface area contributed by atoms with E-state index in [9.17, 15) is 0 Å². The first-order valence-electron chi connectivity index (χ1n) is 9.81. The number of aromatic nitrogens is 2. The molecule has 3 heterocycles. The minimum absolute atomic E-state index is 0.805. The third-order valence-electron chi connectivity index (χ3n) is 5.41. The standard InChI is InChI=1S/C24H23N4O/c1-26-15-16-27(2)24(26)21-22(18-10-5-3-6-11-18)25-28(19-12-7-4-8-13-19)23(21)20-14-9-17-29-20/h3-14,17H,15-16H2,1-2H3/q+1. The van der Waals surface area contributed by atoms with Gasteiger partial charge in [0.2, 0.25) is 0 Å². The maximum absolute atomic E-state index is 5.89. The Hall–Kier alpha value is -3.60. The molecule has 0 unspecified atom stereocenters. The minimum Gasteiger partial charge on any atom is -0.463 e. The Morgan fingerprint density at radius 1 is 0.931 bits per heavy atom. The Bertz CT molecular complexity index is 1160. The molecule has 5 rings (SSSR count). The summed E-state index contributed by atoms with van der Waals surface area (Å²) in [6.07, 6.45) is 1.72. The number of benzene rings is 2. The van der Waals surface area contributed by atoms with E-state index in [0.29, 0.717) is 0 Å². The quantitative estimate of drug-likeness (QED) is 0.497. The van der Waals surface area contributed by atoms with Gasteiger partial charge in [0.05, 0.1) is 26.0 Å². The van der Waals surface area contributed by atoms with E-state index in [1.165, 1.54) is 0 Å². The summed E-state index contributed by atoms with van der Waals surface area (Å²) in [5.74, 6) is 1.97. The smallest absolute Gasteiger partial charge is 0.283 e. The van der Waals surface area contributed by atoms with Crippen LogP contribution < -0.4 is 0 Å². The van der Waals surface area contributed by atoms with Crippen LogP contribution in [0.1, 0.15) is 5.56 Å². The molecule has 0 atom stereocenters. The fourth-order valence-electron chi connectivity index (χ4n) is 4.01. The molecule has 0 bridgehead atoms. The molecule has 0 amide bonds. The Morgan fingerprint density at radius 3 is 2.28 bits per heavy atom. The van der Waals surface area contributed by atoms with E-state index in [-0.39, 0.29) is 0 Å². The molecule has 0 aliphatic carbocycles. The molecule has 2 aromatic carbocycles. The fourth-order valence-corrected chi connectivity index (χ4v) is 4.01. The molecule has 0 radical (unpaired) electrons. The van der Waals surface area contributed by atoms with Gasteiger partial charge >= 0.3 is 0 Å². The highest BCUT2D eigenvalue weighted by Gasteiger charge is 2.36. The monoisotopic (exact) mass is 383 g/mol. The third-order valence-corrected chi connectivity index (χ3v) is 5.41. The summed E-state index contributed by atoms with van der Waals surface area (Å²) in [5, 5.41) is 5.10. The van der Waals surface area contributed by atoms with Gasteiger partial charge < -0.3 is 4.42 Å². The van der Waals surface area contributed by atoms with Gasteiger partial charge in [0.15, 0.2) is 5.76 Å². The largest absolute Gasteiger partial charge is 0.463 e. The summed E-state index contributed by atoms with van der Waals surface area (Å²) in [6.45, 7) is 1.96. The van der Waals surface area contributed by atoms with Crippen molar-refractivity contribution in [2.45, 2.75) is 0 Å². The SMILES string of the molecule is CN1CC[N+](C)=C1c1c(-c2ccccc2)nn(-c2ccccc2)c1-c1ccco1. The van der Waals surface area contributed by atoms with Crippen molar-refractivity contribution in [2.24, 2.45) is 0 Å². The van der Waals surface area contributed by atoms with Gasteiger partial charge in [-0.2, -0.15) is 5.10 Å². The molecular formula is C24H23N4O+. The van der Waals surface area contributed by atoms with E-state index in [1.54, 1.807) is 6.26 Å². The van der Waals surface area contributed by atoms with Gasteiger partial charge in [-0.3, -0.25) is 9.48 Å². The first-order chi connectivity index (χ1) is 14.2. The number of para-hydroxylation sites is 1. The van der Waals surface area contributed by atoms with Crippen molar-refractivity contribution in [1.29, 1.82) is 0 Å². The first-order valence-corrected chi connectivity index (χ1v) is 9.81. The highest BCUT2D eigenvalue weighted by molar-refractivity contribution is 6.06. The predicted octanol–water partition coefficient (Wildman–Crippen LogP) is 4.13. The lowest BCUT2D eigenvalue weighted by atomic mass is 10.0. The zero-order valence-corrected chi connectivity index (χ0v) is 16.6. The average molecular weight is 383 g/mol. The average Bonchev–Trinajstić information content (AvgIpc) is 3.48. The van der Waals surface area contributed by atoms with E-state index in [0.717, 1.165) is 52.9 Å². The van der Waals surface area contributed by atoms with Crippen LogP contribution in [0.3, 0.4) is 0 Å². The Kier molecular flexibility index (Phi) is 4.28. The Morgan fingerprint density at radius 2 is 1.66 bits per heavy atom. The second-order valence-electron chi connectivity index (χ2n) is 7.33. The summed E-state index contributed by atoms with van der Waals surface area (Å²) in [4.78, 5) is 2.30. The van der Waals surface area contributed by atoms with Crippen molar-refractivity contribution in [3.8, 4) is 28.4 Å². The van der Waals surface area contributed by atoms with Crippen molar-refractivity contribution in [3.63, 3.8) is 0 Å². The summed E-state index contributed by atoms with van der Waals surface area (Å²) in [6, 6.07) is 24.5. The first kappa shape index (κ1) is 17.5. The molecule has 0 saturated heterocycles. The molecule has 5 nitrogen and oxygen atoms in total. The molecule has 4 aromatic rings. The Labute approximate surface area is 170 Å². The number of hydrogen-bond acceptors (Lipinski definition) is 3. The Balaban J connectivity index is 1.88. The molecule has 0 spiro atoms. The summed E-state index contributed by atoms with van der Waals surface area (Å²) < 4.78 is 10.2. The van der Waals surface area contributed by atoms with E-state index in [1.807, 2.05) is 41.1 Å². The number of likely N-dealkylation sites (N-methyl/N-ethyl adjacent to an activating group) is 2. The van der Waals surface area contributed by atoms with Crippen LogP contribution in [0, 0.1) is 0 Å². The van der Waals surface area contributed by atoms with E-state index < -0.39 is 0 Å². The summed E-state index contributed by atoms with van der Waals surface area (Å²) in [7, 11) is 4.28. The highest BCUT2D eigenvalue weighted by Crippen LogP contribution is 2.36. The number of nitrogens with zero attached hydrogens (tertiary/aromatic N) is 4. The van der Waals surface area contributed by atoms with Crippen molar-refractivity contribution in [3.05, 3.63) is 84.6 Å². The molecule has 144 valence electrons. The summed E-state index contributed by atoms with van der Waals surface area (Å²) >= 11 is 0. The second-order valence-corrected chi connectivity index (χ2v) is 7.33. The van der Waals surface area contributed by atoms with Crippen LogP contribution in [0.2, 0.25) is 0 Å². The number of amidine groups is 1. The maximum atomic E-state index is 5.89. The zero-order chi connectivity index (χ0) is 19.8. The third kappa shape index (κ3) is 2.95. The van der Waals surface area contributed by atoms with Gasteiger partial charge in [0, 0.05) is 5.56 Å². The van der Waals surface area contributed by atoms with Crippen molar-refractivity contribution in [2.75, 3.05) is 27.2 Å². The van der Waals surface area contributed by atoms with Crippen LogP contribution in [0.25, 0.3) is 28.4 Å². The van der Waals surface area contributed by atoms with Crippen LogP contribution >= 0.6 is 0 Å². The molecule has 5 heteroatoms. The molecule has 29 heavy (non-hydrogen) atoms. The number of furan rings is 1. The predicted molar refractivity (Wildman–Crippen MR) is 114 cm³/mol. The van der Waals surface area contributed by atoms with Crippen LogP contribution in [0.5, 0.6) is 0 Å². The molecule has 0 saturated carbocycles. The minimum atomic E-state index is 0.805. The van der Waals surface area contributed by atoms with Gasteiger partial charge in [-0.15, -0.1) is 0 Å². The highest BCUT2D eigenvalue weighted by atomic mass is 16.3. The lowest BCUT2D eigenvalue weighted by molar-refractivity contribution is -0.486. The van der Waals surface area contributed by atoms with E-state index >= 15 is 0 Å². The van der Waals surface area contributed by atoms with Gasteiger partial charge in [-0.25, -0.2) is 4.68 Å². The van der Waals surface area contributed by atoms with Crippen LogP contribution in [0.4, 0.5) is 0 Å². The molecule has 1 aliphatic rings. The molecule has 2 aromatic heterocycles. The van der Waals surface area contributed by atoms with Crippen molar-refractivity contribution < 1.29 is 8.99 Å². The van der Waals surface area contributed by atoms with Gasteiger partial charge in [-0.1, -0.05) is 48.5 Å². The summed E-state index contributed by atoms with van der Waals surface area (Å²) in [5.41, 5.74) is 5.11. The maximum Gasteiger partial charge on any atom is 0.283 e. The lowest BCUT2D eigenvalue weighted by Gasteiger charge is -2.10. The molecule has 1 aliphatic heterocycles. The van der Waals surface area contributed by atoms with Gasteiger partial charge in [-0.05, 0) is 24.3 Å². The van der Waals surface area contributed by atoms with Crippen molar-refractivity contribution >= 4 is 5.84 Å². The van der Waals surface area contributed by atoms with Crippen LogP contribution in [0.15, 0.2) is 83.5 Å². The van der Waals surface area contributed by atoms with Crippen molar-refractivity contribution in [1.82, 2.24) is 14.7 Å². The topological polar surface area (TPSA) is 37.2 Å². The number of hydrogen-bond donors (Lipinski definition) is 0. The van der Waals surface area contributed by atoms with Gasteiger partial charge in [0.1, 0.15) is 30.0 Å². The zero-order valence-electron chi connectivity index (χ0n) is 16.6. The number of rotatable bonds is 4. The lowest BCUT2D eigenvalue weighted by Crippen LogP contribution is -2.26. The van der Waals surface area contributed by atoms with Gasteiger partial charge in [0.25, 0.3) is 5.84 Å². The molecular weight excluding hydrogens is 360 g/mol.